The number of carbonyl (C=O) groups is 1. The Morgan fingerprint density at radius 1 is 0.761 bits per heavy atom. The van der Waals surface area contributed by atoms with Gasteiger partial charge in [0.2, 0.25) is 5.88 Å². The van der Waals surface area contributed by atoms with Crippen LogP contribution >= 0.6 is 0 Å². The molecule has 0 saturated carbocycles. The first-order valence-electron chi connectivity index (χ1n) is 14.9. The summed E-state index contributed by atoms with van der Waals surface area (Å²) in [6.45, 7) is 0.931. The zero-order valence-electron chi connectivity index (χ0n) is 25.8. The average Bonchev–Trinajstić information content (AvgIpc) is 3.34. The number of aliphatic hydroxyl groups excluding tert-OH is 1. The van der Waals surface area contributed by atoms with Crippen LogP contribution in [0, 0.1) is 0 Å². The second-order valence-electron chi connectivity index (χ2n) is 10.9. The number of hydrogen-bond acceptors (Lipinski definition) is 7. The van der Waals surface area contributed by atoms with E-state index < -0.39 is 16.1 Å². The van der Waals surface area contributed by atoms with E-state index in [9.17, 15) is 18.3 Å². The van der Waals surface area contributed by atoms with E-state index >= 15 is 0 Å². The van der Waals surface area contributed by atoms with Gasteiger partial charge >= 0.3 is 10.2 Å². The molecule has 5 rings (SSSR count). The highest BCUT2D eigenvalue weighted by molar-refractivity contribution is 7.91. The van der Waals surface area contributed by atoms with Crippen molar-refractivity contribution in [1.82, 2.24) is 9.62 Å². The lowest BCUT2D eigenvalue weighted by Crippen LogP contribution is -2.30. The molecule has 240 valence electrons. The molecular formula is C35H37N3O7S. The zero-order valence-corrected chi connectivity index (χ0v) is 26.6. The first-order valence-corrected chi connectivity index (χ1v) is 16.3. The highest BCUT2D eigenvalue weighted by atomic mass is 32.2. The lowest BCUT2D eigenvalue weighted by atomic mass is 10.1. The molecule has 1 heterocycles. The van der Waals surface area contributed by atoms with Crippen LogP contribution in [0.5, 0.6) is 17.2 Å². The number of nitrogens with one attached hydrogen (secondary N) is 1. The van der Waals surface area contributed by atoms with Gasteiger partial charge < -0.3 is 24.2 Å². The molecule has 2 N–H and O–H groups in total. The van der Waals surface area contributed by atoms with Crippen LogP contribution in [0.4, 0.5) is 5.69 Å². The summed E-state index contributed by atoms with van der Waals surface area (Å²) in [6.07, 6.45) is 3.16. The molecule has 0 bridgehead atoms. The molecule has 0 aromatic heterocycles. The molecule has 0 unspecified atom stereocenters. The van der Waals surface area contributed by atoms with Crippen LogP contribution in [0.3, 0.4) is 0 Å². The number of hydrogen-bond donors (Lipinski definition) is 2. The van der Waals surface area contributed by atoms with E-state index in [0.29, 0.717) is 54.6 Å². The molecule has 0 radical (unpaired) electrons. The van der Waals surface area contributed by atoms with E-state index in [0.717, 1.165) is 33.6 Å². The minimum absolute atomic E-state index is 0.216. The zero-order chi connectivity index (χ0) is 32.5. The number of ether oxygens (including phenoxy) is 3. The maximum Gasteiger partial charge on any atom is 0.330 e. The van der Waals surface area contributed by atoms with Crippen LogP contribution in [0.15, 0.2) is 109 Å². The van der Waals surface area contributed by atoms with Gasteiger partial charge in [0.25, 0.3) is 5.91 Å². The van der Waals surface area contributed by atoms with Gasteiger partial charge in [-0.25, -0.2) is 9.03 Å². The lowest BCUT2D eigenvalue weighted by molar-refractivity contribution is 0.0817. The fourth-order valence-electron chi connectivity index (χ4n) is 4.87. The number of aliphatic hydroxyl groups is 1. The minimum Gasteiger partial charge on any atom is -0.493 e. The average molecular weight is 644 g/mol. The summed E-state index contributed by atoms with van der Waals surface area (Å²) in [6, 6.07) is 30.0. The molecule has 0 fully saturated rings. The summed E-state index contributed by atoms with van der Waals surface area (Å²) in [5.41, 5.74) is 3.47. The molecule has 11 heteroatoms. The largest absolute Gasteiger partial charge is 0.493 e. The molecule has 0 saturated heterocycles. The highest BCUT2D eigenvalue weighted by Crippen LogP contribution is 2.35. The van der Waals surface area contributed by atoms with Crippen molar-refractivity contribution >= 4 is 21.8 Å². The Balaban J connectivity index is 1.24. The van der Waals surface area contributed by atoms with Crippen LogP contribution in [-0.2, 0) is 29.8 Å². The molecule has 4 aromatic rings. The topological polar surface area (TPSA) is 118 Å². The fourth-order valence-corrected chi connectivity index (χ4v) is 5.93. The number of benzene rings is 4. The standard InChI is InChI=1S/C35H37N3O7S/c1-37(2)35(40)34-31(17-11-18-32(34)45-25-28-15-7-4-8-16-28)43-21-10-9-12-26-19-20-30(44-24-27-13-5-3-6-14-27)29(22-26)38-23-33(39)36-46(38,41)42/h3-8,11,13-20,22-23,36,39H,9-10,12,21,24-25H2,1-2H3. The normalized spacial score (nSPS) is 13.4. The Morgan fingerprint density at radius 3 is 1.96 bits per heavy atom. The molecule has 4 aromatic carbocycles. The second kappa shape index (κ2) is 14.7. The van der Waals surface area contributed by atoms with Crippen molar-refractivity contribution in [3.63, 3.8) is 0 Å². The molecule has 10 nitrogen and oxygen atoms in total. The Bertz CT molecular complexity index is 1780. The Labute approximate surface area is 269 Å². The molecular weight excluding hydrogens is 606 g/mol. The summed E-state index contributed by atoms with van der Waals surface area (Å²) in [5.74, 6) is 0.573. The van der Waals surface area contributed by atoms with Gasteiger partial charge in [0, 0.05) is 14.1 Å². The van der Waals surface area contributed by atoms with Crippen molar-refractivity contribution in [3.05, 3.63) is 131 Å². The van der Waals surface area contributed by atoms with Gasteiger partial charge in [-0.2, -0.15) is 8.42 Å². The van der Waals surface area contributed by atoms with Crippen molar-refractivity contribution in [3.8, 4) is 17.2 Å². The van der Waals surface area contributed by atoms with Crippen LogP contribution in [-0.4, -0.2) is 45.0 Å². The predicted octanol–water partition coefficient (Wildman–Crippen LogP) is 5.96. The van der Waals surface area contributed by atoms with E-state index in [1.165, 1.54) is 4.90 Å². The Kier molecular flexibility index (Phi) is 10.3. The minimum atomic E-state index is -4.01. The van der Waals surface area contributed by atoms with E-state index in [4.69, 9.17) is 14.2 Å². The predicted molar refractivity (Wildman–Crippen MR) is 176 cm³/mol. The number of nitrogens with zero attached hydrogens (tertiary/aromatic N) is 2. The Hall–Kier alpha value is -5.16. The number of amides is 1. The molecule has 0 aliphatic carbocycles. The summed E-state index contributed by atoms with van der Waals surface area (Å²) in [7, 11) is -0.638. The Morgan fingerprint density at radius 2 is 1.37 bits per heavy atom. The molecule has 1 amide bonds. The van der Waals surface area contributed by atoms with Crippen molar-refractivity contribution in [2.24, 2.45) is 0 Å². The van der Waals surface area contributed by atoms with Gasteiger partial charge in [0.15, 0.2) is 0 Å². The van der Waals surface area contributed by atoms with Gasteiger partial charge in [-0.3, -0.25) is 4.79 Å². The third-order valence-electron chi connectivity index (χ3n) is 7.19. The van der Waals surface area contributed by atoms with Crippen LogP contribution in [0.25, 0.3) is 0 Å². The molecule has 46 heavy (non-hydrogen) atoms. The summed E-state index contributed by atoms with van der Waals surface area (Å²) in [5, 5.41) is 9.89. The van der Waals surface area contributed by atoms with Crippen LogP contribution < -0.4 is 23.2 Å². The van der Waals surface area contributed by atoms with Crippen molar-refractivity contribution in [1.29, 1.82) is 0 Å². The number of rotatable bonds is 14. The van der Waals surface area contributed by atoms with Gasteiger partial charge in [0.05, 0.1) is 12.8 Å². The number of aryl methyl sites for hydroxylation is 1. The third kappa shape index (κ3) is 8.10. The van der Waals surface area contributed by atoms with Gasteiger partial charge in [-0.05, 0) is 60.2 Å². The SMILES string of the molecule is CN(C)C(=O)c1c(OCCCCc2ccc(OCc3ccccc3)c(N3C=C(O)NS3(=O)=O)c2)cccc1OCc1ccccc1. The number of carbonyl (C=O) groups excluding carboxylic acids is 1. The first-order chi connectivity index (χ1) is 22.2. The summed E-state index contributed by atoms with van der Waals surface area (Å²) < 4.78 is 46.6. The third-order valence-corrected chi connectivity index (χ3v) is 8.48. The van der Waals surface area contributed by atoms with Crippen molar-refractivity contribution in [2.75, 3.05) is 25.0 Å². The fraction of sp³-hybridized carbons (Fsp3) is 0.229. The summed E-state index contributed by atoms with van der Waals surface area (Å²) in [4.78, 5) is 14.6. The van der Waals surface area contributed by atoms with E-state index in [1.807, 2.05) is 66.7 Å². The van der Waals surface area contributed by atoms with Gasteiger partial charge in [0.1, 0.15) is 41.7 Å². The van der Waals surface area contributed by atoms with Crippen molar-refractivity contribution in [2.45, 2.75) is 32.5 Å². The lowest BCUT2D eigenvalue weighted by Gasteiger charge is -2.20. The maximum atomic E-state index is 13.1. The first kappa shape index (κ1) is 32.2. The molecule has 0 spiro atoms. The van der Waals surface area contributed by atoms with Gasteiger partial charge in [-0.15, -0.1) is 0 Å². The monoisotopic (exact) mass is 643 g/mol. The summed E-state index contributed by atoms with van der Waals surface area (Å²) >= 11 is 0. The van der Waals surface area contributed by atoms with Crippen molar-refractivity contribution < 1.29 is 32.5 Å². The second-order valence-corrected chi connectivity index (χ2v) is 12.4. The number of unbranched alkanes of at least 4 members (excludes halogenated alkanes) is 1. The van der Waals surface area contributed by atoms with Gasteiger partial charge in [-0.1, -0.05) is 72.8 Å². The quantitative estimate of drug-likeness (QED) is 0.163. The molecule has 1 aliphatic rings. The van der Waals surface area contributed by atoms with E-state index in [2.05, 4.69) is 4.72 Å². The van der Waals surface area contributed by atoms with E-state index in [1.54, 1.807) is 44.4 Å². The molecule has 0 atom stereocenters. The highest BCUT2D eigenvalue weighted by Gasteiger charge is 2.31. The molecule has 1 aliphatic heterocycles. The number of anilines is 1. The maximum absolute atomic E-state index is 13.1. The van der Waals surface area contributed by atoms with Crippen LogP contribution in [0.2, 0.25) is 0 Å². The van der Waals surface area contributed by atoms with E-state index in [-0.39, 0.29) is 12.5 Å². The van der Waals surface area contributed by atoms with Crippen LogP contribution in [0.1, 0.15) is 39.9 Å². The smallest absolute Gasteiger partial charge is 0.330 e.